The molecular weight excluding hydrogens is 350 g/mol. The van der Waals surface area contributed by atoms with Crippen molar-refractivity contribution in [3.8, 4) is 11.5 Å². The van der Waals surface area contributed by atoms with Gasteiger partial charge in [0.1, 0.15) is 11.6 Å². The Labute approximate surface area is 157 Å². The molecule has 0 spiro atoms. The number of benzene rings is 2. The molecule has 6 heteroatoms. The number of rotatable bonds is 4. The van der Waals surface area contributed by atoms with Crippen LogP contribution < -0.4 is 10.1 Å². The monoisotopic (exact) mass is 372 g/mol. The van der Waals surface area contributed by atoms with Crippen LogP contribution in [0.4, 0.5) is 8.78 Å². The largest absolute Gasteiger partial charge is 0.454 e. The summed E-state index contributed by atoms with van der Waals surface area (Å²) in [6.45, 7) is 0. The summed E-state index contributed by atoms with van der Waals surface area (Å²) in [5, 5.41) is 3.58. The van der Waals surface area contributed by atoms with Crippen molar-refractivity contribution >= 4 is 5.91 Å². The lowest BCUT2D eigenvalue weighted by molar-refractivity contribution is 0.0681. The van der Waals surface area contributed by atoms with E-state index in [9.17, 15) is 13.6 Å². The Balaban J connectivity index is 1.42. The van der Waals surface area contributed by atoms with Crippen LogP contribution in [-0.2, 0) is 0 Å². The second kappa shape index (κ2) is 7.27. The first-order chi connectivity index (χ1) is 13.0. The zero-order valence-corrected chi connectivity index (χ0v) is 15.1. The maximum absolute atomic E-state index is 13.7. The molecule has 2 bridgehead atoms. The van der Waals surface area contributed by atoms with Crippen molar-refractivity contribution in [1.82, 2.24) is 10.2 Å². The Hall–Kier alpha value is -2.47. The lowest BCUT2D eigenvalue weighted by Crippen LogP contribution is -2.48. The maximum Gasteiger partial charge on any atom is 0.253 e. The average molecular weight is 372 g/mol. The molecule has 27 heavy (non-hydrogen) atoms. The number of nitrogens with zero attached hydrogens (tertiary/aromatic N) is 1. The second-order valence-electron chi connectivity index (χ2n) is 7.38. The van der Waals surface area contributed by atoms with Gasteiger partial charge in [-0.2, -0.15) is 0 Å². The van der Waals surface area contributed by atoms with E-state index in [4.69, 9.17) is 4.74 Å². The van der Waals surface area contributed by atoms with Crippen molar-refractivity contribution in [2.45, 2.75) is 43.8 Å². The molecule has 2 heterocycles. The summed E-state index contributed by atoms with van der Waals surface area (Å²) >= 11 is 0. The van der Waals surface area contributed by atoms with Crippen molar-refractivity contribution in [1.29, 1.82) is 0 Å². The number of hydrogen-bond donors (Lipinski definition) is 1. The van der Waals surface area contributed by atoms with Crippen LogP contribution >= 0.6 is 0 Å². The van der Waals surface area contributed by atoms with Crippen molar-refractivity contribution in [2.75, 3.05) is 7.05 Å². The summed E-state index contributed by atoms with van der Waals surface area (Å²) < 4.78 is 32.1. The predicted molar refractivity (Wildman–Crippen MR) is 97.9 cm³/mol. The Bertz CT molecular complexity index is 829. The molecule has 1 amide bonds. The van der Waals surface area contributed by atoms with Gasteiger partial charge in [0.2, 0.25) is 0 Å². The lowest BCUT2D eigenvalue weighted by atomic mass is 9.98. The van der Waals surface area contributed by atoms with Crippen LogP contribution in [-0.4, -0.2) is 36.0 Å². The summed E-state index contributed by atoms with van der Waals surface area (Å²) in [4.78, 5) is 14.6. The summed E-state index contributed by atoms with van der Waals surface area (Å²) in [5.74, 6) is -1.12. The zero-order chi connectivity index (χ0) is 19.0. The first-order valence-electron chi connectivity index (χ1n) is 9.26. The van der Waals surface area contributed by atoms with E-state index < -0.39 is 11.6 Å². The normalized spacial score (nSPS) is 23.9. The van der Waals surface area contributed by atoms with Crippen LogP contribution in [0.2, 0.25) is 0 Å². The number of piperidine rings is 1. The van der Waals surface area contributed by atoms with Crippen molar-refractivity contribution in [3.05, 3.63) is 59.7 Å². The zero-order valence-electron chi connectivity index (χ0n) is 15.1. The average Bonchev–Trinajstić information content (AvgIpc) is 3.01. The lowest BCUT2D eigenvalue weighted by Gasteiger charge is -2.35. The quantitative estimate of drug-likeness (QED) is 0.878. The van der Waals surface area contributed by atoms with E-state index in [1.165, 1.54) is 18.9 Å². The van der Waals surface area contributed by atoms with Gasteiger partial charge >= 0.3 is 0 Å². The highest BCUT2D eigenvalue weighted by Crippen LogP contribution is 2.30. The van der Waals surface area contributed by atoms with Gasteiger partial charge in [0.15, 0.2) is 11.6 Å². The van der Waals surface area contributed by atoms with Crippen LogP contribution in [0, 0.1) is 11.6 Å². The third kappa shape index (κ3) is 3.81. The predicted octanol–water partition coefficient (Wildman–Crippen LogP) is 4.11. The van der Waals surface area contributed by atoms with E-state index in [0.29, 0.717) is 23.4 Å². The third-order valence-corrected chi connectivity index (χ3v) is 5.54. The first-order valence-corrected chi connectivity index (χ1v) is 9.26. The molecule has 0 saturated carbocycles. The minimum Gasteiger partial charge on any atom is -0.454 e. The summed E-state index contributed by atoms with van der Waals surface area (Å²) in [7, 11) is 1.86. The number of hydrogen-bond acceptors (Lipinski definition) is 3. The molecule has 0 radical (unpaired) electrons. The standard InChI is InChI=1S/C21H22F2N2O2/c1-25(17-11-15-5-6-16(12-17)24-15)21(26)13-2-7-18(8-3-13)27-20-9-4-14(22)10-19(20)23/h2-4,7-10,15-17,24H,5-6,11-12H2,1H3. The molecule has 4 rings (SSSR count). The van der Waals surface area contributed by atoms with E-state index in [1.807, 2.05) is 11.9 Å². The minimum absolute atomic E-state index is 0.0270. The molecule has 2 atom stereocenters. The van der Waals surface area contributed by atoms with Crippen molar-refractivity contribution in [2.24, 2.45) is 0 Å². The van der Waals surface area contributed by atoms with Crippen LogP contribution in [0.3, 0.4) is 0 Å². The number of amides is 1. The molecule has 2 saturated heterocycles. The fourth-order valence-corrected chi connectivity index (χ4v) is 4.06. The highest BCUT2D eigenvalue weighted by atomic mass is 19.1. The van der Waals surface area contributed by atoms with Gasteiger partial charge in [-0.15, -0.1) is 0 Å². The summed E-state index contributed by atoms with van der Waals surface area (Å²) in [5.41, 5.74) is 0.565. The van der Waals surface area contributed by atoms with Gasteiger partial charge in [-0.1, -0.05) is 0 Å². The number of carbonyl (C=O) groups is 1. The van der Waals surface area contributed by atoms with E-state index in [-0.39, 0.29) is 17.7 Å². The van der Waals surface area contributed by atoms with Gasteiger partial charge in [0.25, 0.3) is 5.91 Å². The molecule has 2 fully saturated rings. The Morgan fingerprint density at radius 3 is 2.37 bits per heavy atom. The molecule has 2 aliphatic heterocycles. The Kier molecular flexibility index (Phi) is 4.83. The van der Waals surface area contributed by atoms with Crippen LogP contribution in [0.15, 0.2) is 42.5 Å². The van der Waals surface area contributed by atoms with E-state index in [0.717, 1.165) is 25.0 Å². The van der Waals surface area contributed by atoms with Gasteiger partial charge in [0.05, 0.1) is 0 Å². The molecule has 2 aliphatic rings. The van der Waals surface area contributed by atoms with Crippen LogP contribution in [0.1, 0.15) is 36.0 Å². The second-order valence-corrected chi connectivity index (χ2v) is 7.38. The van der Waals surface area contributed by atoms with E-state index >= 15 is 0 Å². The molecule has 1 N–H and O–H groups in total. The highest BCUT2D eigenvalue weighted by Gasteiger charge is 2.36. The molecular formula is C21H22F2N2O2. The third-order valence-electron chi connectivity index (χ3n) is 5.54. The van der Waals surface area contributed by atoms with Gasteiger partial charge in [-0.05, 0) is 62.1 Å². The maximum atomic E-state index is 13.7. The molecule has 0 aliphatic carbocycles. The van der Waals surface area contributed by atoms with Gasteiger partial charge in [0, 0.05) is 36.8 Å². The summed E-state index contributed by atoms with van der Waals surface area (Å²) in [6, 6.07) is 11.0. The minimum atomic E-state index is -0.768. The topological polar surface area (TPSA) is 41.6 Å². The van der Waals surface area contributed by atoms with Crippen LogP contribution in [0.5, 0.6) is 11.5 Å². The number of halogens is 2. The fourth-order valence-electron chi connectivity index (χ4n) is 4.06. The van der Waals surface area contributed by atoms with Crippen LogP contribution in [0.25, 0.3) is 0 Å². The van der Waals surface area contributed by atoms with Crippen molar-refractivity contribution in [3.63, 3.8) is 0 Å². The molecule has 0 aromatic heterocycles. The highest BCUT2D eigenvalue weighted by molar-refractivity contribution is 5.94. The molecule has 2 unspecified atom stereocenters. The first kappa shape index (κ1) is 17.9. The SMILES string of the molecule is CN(C(=O)c1ccc(Oc2ccc(F)cc2F)cc1)C1CC2CCC(C1)N2. The molecule has 4 nitrogen and oxygen atoms in total. The fraction of sp³-hybridized carbons (Fsp3) is 0.381. The molecule has 142 valence electrons. The number of nitrogens with one attached hydrogen (secondary N) is 1. The van der Waals surface area contributed by atoms with Gasteiger partial charge in [-0.25, -0.2) is 8.78 Å². The van der Waals surface area contributed by atoms with Gasteiger partial charge in [-0.3, -0.25) is 4.79 Å². The Morgan fingerprint density at radius 2 is 1.74 bits per heavy atom. The number of fused-ring (bicyclic) bond motifs is 2. The van der Waals surface area contributed by atoms with E-state index in [1.54, 1.807) is 24.3 Å². The van der Waals surface area contributed by atoms with Crippen molar-refractivity contribution < 1.29 is 18.3 Å². The number of ether oxygens (including phenoxy) is 1. The smallest absolute Gasteiger partial charge is 0.253 e. The van der Waals surface area contributed by atoms with E-state index in [2.05, 4.69) is 5.32 Å². The molecule has 2 aromatic rings. The molecule has 2 aromatic carbocycles. The summed E-state index contributed by atoms with van der Waals surface area (Å²) in [6.07, 6.45) is 4.36. The Morgan fingerprint density at radius 1 is 1.07 bits per heavy atom. The van der Waals surface area contributed by atoms with Gasteiger partial charge < -0.3 is 15.0 Å². The number of carbonyl (C=O) groups excluding carboxylic acids is 1.